The molecule has 3 heteroatoms. The Morgan fingerprint density at radius 3 is 2.33 bits per heavy atom. The van der Waals surface area contributed by atoms with Crippen LogP contribution in [-0.2, 0) is 0 Å². The summed E-state index contributed by atoms with van der Waals surface area (Å²) in [5.74, 6) is 0.912. The number of ether oxygens (including phenoxy) is 1. The molecule has 0 saturated heterocycles. The number of aryl methyl sites for hydroxylation is 1. The number of rotatable bonds is 4. The zero-order valence-electron chi connectivity index (χ0n) is 10.4. The van der Waals surface area contributed by atoms with E-state index in [1.54, 1.807) is 0 Å². The molecule has 2 rings (SSSR count). The Balaban J connectivity index is 0.00000162. The molecule has 2 aromatic rings. The maximum absolute atomic E-state index is 5.55. The van der Waals surface area contributed by atoms with E-state index in [9.17, 15) is 0 Å². The molecule has 0 unspecified atom stereocenters. The predicted octanol–water partition coefficient (Wildman–Crippen LogP) is 3.42. The molecule has 18 heavy (non-hydrogen) atoms. The first-order valence-electron chi connectivity index (χ1n) is 5.80. The van der Waals surface area contributed by atoms with E-state index >= 15 is 0 Å². The van der Waals surface area contributed by atoms with Crippen molar-refractivity contribution in [1.82, 2.24) is 0 Å². The Bertz CT molecular complexity index is 485. The summed E-state index contributed by atoms with van der Waals surface area (Å²) in [6.45, 7) is 3.16. The molecule has 0 aliphatic carbocycles. The van der Waals surface area contributed by atoms with E-state index in [0.717, 1.165) is 11.3 Å². The normalized spacial score (nSPS) is 9.67. The third-order valence-electron chi connectivity index (χ3n) is 2.66. The van der Waals surface area contributed by atoms with Crippen molar-refractivity contribution in [3.63, 3.8) is 0 Å². The summed E-state index contributed by atoms with van der Waals surface area (Å²) in [6.07, 6.45) is 0. The minimum Gasteiger partial charge on any atom is -0.492 e. The van der Waals surface area contributed by atoms with Crippen LogP contribution in [0.1, 0.15) is 5.56 Å². The van der Waals surface area contributed by atoms with Crippen molar-refractivity contribution in [1.29, 1.82) is 0 Å². The van der Waals surface area contributed by atoms with Gasteiger partial charge in [-0.1, -0.05) is 36.4 Å². The van der Waals surface area contributed by atoms with Gasteiger partial charge in [0.25, 0.3) is 0 Å². The van der Waals surface area contributed by atoms with Gasteiger partial charge in [0.1, 0.15) is 12.4 Å². The molecule has 2 nitrogen and oxygen atoms in total. The molecule has 0 aliphatic heterocycles. The molecule has 0 amide bonds. The molecule has 0 spiro atoms. The number of halogens is 1. The number of benzene rings is 2. The smallest absolute Gasteiger partial charge is 0.122 e. The topological polar surface area (TPSA) is 35.2 Å². The Hall–Kier alpha value is -1.51. The largest absolute Gasteiger partial charge is 0.492 e. The van der Waals surface area contributed by atoms with Crippen LogP contribution in [0, 0.1) is 6.92 Å². The second-order valence-corrected chi connectivity index (χ2v) is 3.98. The van der Waals surface area contributed by atoms with Gasteiger partial charge >= 0.3 is 0 Å². The Labute approximate surface area is 114 Å². The average Bonchev–Trinajstić information content (AvgIpc) is 2.38. The van der Waals surface area contributed by atoms with Crippen LogP contribution in [0.15, 0.2) is 48.5 Å². The van der Waals surface area contributed by atoms with Gasteiger partial charge in [-0.05, 0) is 35.7 Å². The Morgan fingerprint density at radius 2 is 1.72 bits per heavy atom. The van der Waals surface area contributed by atoms with Gasteiger partial charge in [-0.15, -0.1) is 12.4 Å². The first-order valence-corrected chi connectivity index (χ1v) is 5.80. The fourth-order valence-electron chi connectivity index (χ4n) is 1.79. The lowest BCUT2D eigenvalue weighted by atomic mass is 10.0. The van der Waals surface area contributed by atoms with Gasteiger partial charge in [0.05, 0.1) is 0 Å². The van der Waals surface area contributed by atoms with E-state index in [1.165, 1.54) is 11.1 Å². The van der Waals surface area contributed by atoms with Crippen LogP contribution in [0.5, 0.6) is 5.75 Å². The van der Waals surface area contributed by atoms with Crippen molar-refractivity contribution in [3.8, 4) is 16.9 Å². The van der Waals surface area contributed by atoms with Crippen molar-refractivity contribution in [3.05, 3.63) is 54.1 Å². The molecular formula is C15H18ClNO. The SMILES string of the molecule is Cc1cc(-c2ccccc2)ccc1OCCN.Cl. The summed E-state index contributed by atoms with van der Waals surface area (Å²) in [5.41, 5.74) is 9.00. The standard InChI is InChI=1S/C15H17NO.ClH/c1-12-11-14(13-5-3-2-4-6-13)7-8-15(12)17-10-9-16;/h2-8,11H,9-10,16H2,1H3;1H. The van der Waals surface area contributed by atoms with Crippen LogP contribution >= 0.6 is 12.4 Å². The summed E-state index contributed by atoms with van der Waals surface area (Å²) in [7, 11) is 0. The van der Waals surface area contributed by atoms with E-state index in [-0.39, 0.29) is 12.4 Å². The maximum atomic E-state index is 5.55. The number of hydrogen-bond donors (Lipinski definition) is 1. The van der Waals surface area contributed by atoms with Gasteiger partial charge < -0.3 is 10.5 Å². The lowest BCUT2D eigenvalue weighted by Gasteiger charge is -2.10. The second-order valence-electron chi connectivity index (χ2n) is 3.98. The highest BCUT2D eigenvalue weighted by atomic mass is 35.5. The summed E-state index contributed by atoms with van der Waals surface area (Å²) >= 11 is 0. The fourth-order valence-corrected chi connectivity index (χ4v) is 1.79. The Morgan fingerprint density at radius 1 is 1.00 bits per heavy atom. The van der Waals surface area contributed by atoms with Crippen molar-refractivity contribution < 1.29 is 4.74 Å². The first-order chi connectivity index (χ1) is 8.31. The molecule has 2 N–H and O–H groups in total. The minimum absolute atomic E-state index is 0. The number of nitrogens with two attached hydrogens (primary N) is 1. The molecule has 0 aliphatic rings. The predicted molar refractivity (Wildman–Crippen MR) is 78.4 cm³/mol. The average molecular weight is 264 g/mol. The van der Waals surface area contributed by atoms with E-state index in [2.05, 4.69) is 31.2 Å². The molecule has 0 radical (unpaired) electrons. The molecule has 0 aromatic heterocycles. The van der Waals surface area contributed by atoms with Crippen molar-refractivity contribution >= 4 is 12.4 Å². The van der Waals surface area contributed by atoms with E-state index < -0.39 is 0 Å². The minimum atomic E-state index is 0. The van der Waals surface area contributed by atoms with Crippen molar-refractivity contribution in [2.45, 2.75) is 6.92 Å². The molecular weight excluding hydrogens is 246 g/mol. The highest BCUT2D eigenvalue weighted by Gasteiger charge is 2.02. The van der Waals surface area contributed by atoms with Crippen LogP contribution in [-0.4, -0.2) is 13.2 Å². The highest BCUT2D eigenvalue weighted by molar-refractivity contribution is 5.85. The molecule has 0 fully saturated rings. The molecule has 96 valence electrons. The summed E-state index contributed by atoms with van der Waals surface area (Å²) in [4.78, 5) is 0. The van der Waals surface area contributed by atoms with Gasteiger partial charge in [0.15, 0.2) is 0 Å². The van der Waals surface area contributed by atoms with E-state index in [1.807, 2.05) is 24.3 Å². The third-order valence-corrected chi connectivity index (χ3v) is 2.66. The van der Waals surface area contributed by atoms with Crippen molar-refractivity contribution in [2.24, 2.45) is 5.73 Å². The summed E-state index contributed by atoms with van der Waals surface area (Å²) in [6, 6.07) is 16.6. The third kappa shape index (κ3) is 3.49. The first kappa shape index (κ1) is 14.6. The quantitative estimate of drug-likeness (QED) is 0.917. The fraction of sp³-hybridized carbons (Fsp3) is 0.200. The van der Waals surface area contributed by atoms with E-state index in [0.29, 0.717) is 13.2 Å². The zero-order chi connectivity index (χ0) is 12.1. The highest BCUT2D eigenvalue weighted by Crippen LogP contribution is 2.25. The van der Waals surface area contributed by atoms with Gasteiger partial charge in [-0.2, -0.15) is 0 Å². The van der Waals surface area contributed by atoms with Gasteiger partial charge in [-0.3, -0.25) is 0 Å². The molecule has 0 bridgehead atoms. The number of hydrogen-bond acceptors (Lipinski definition) is 2. The molecule has 0 heterocycles. The van der Waals surface area contributed by atoms with Crippen LogP contribution in [0.2, 0.25) is 0 Å². The van der Waals surface area contributed by atoms with Crippen LogP contribution in [0.25, 0.3) is 11.1 Å². The van der Waals surface area contributed by atoms with Gasteiger partial charge in [-0.25, -0.2) is 0 Å². The molecule has 0 saturated carbocycles. The molecule has 0 atom stereocenters. The lowest BCUT2D eigenvalue weighted by molar-refractivity contribution is 0.326. The van der Waals surface area contributed by atoms with Gasteiger partial charge in [0.2, 0.25) is 0 Å². The molecule has 2 aromatic carbocycles. The van der Waals surface area contributed by atoms with Crippen molar-refractivity contribution in [2.75, 3.05) is 13.2 Å². The zero-order valence-corrected chi connectivity index (χ0v) is 11.2. The Kier molecular flexibility index (Phi) is 5.69. The van der Waals surface area contributed by atoms with Crippen LogP contribution < -0.4 is 10.5 Å². The maximum Gasteiger partial charge on any atom is 0.122 e. The second kappa shape index (κ2) is 7.04. The summed E-state index contributed by atoms with van der Waals surface area (Å²) in [5, 5.41) is 0. The lowest BCUT2D eigenvalue weighted by Crippen LogP contribution is -2.11. The summed E-state index contributed by atoms with van der Waals surface area (Å²) < 4.78 is 5.55. The van der Waals surface area contributed by atoms with Crippen LogP contribution in [0.4, 0.5) is 0 Å². The monoisotopic (exact) mass is 263 g/mol. The van der Waals surface area contributed by atoms with E-state index in [4.69, 9.17) is 10.5 Å². The van der Waals surface area contributed by atoms with Gasteiger partial charge in [0, 0.05) is 6.54 Å². The van der Waals surface area contributed by atoms with Crippen LogP contribution in [0.3, 0.4) is 0 Å².